The molecule has 0 heterocycles. The van der Waals surface area contributed by atoms with Crippen LogP contribution in [0.15, 0.2) is 0 Å². The molecular weight excluding hydrogens is 326 g/mol. The predicted octanol–water partition coefficient (Wildman–Crippen LogP) is 1.02. The Kier molecular flexibility index (Phi) is 11.0. The minimum atomic E-state index is -3.53. The molecule has 1 rings (SSSR count). The van der Waals surface area contributed by atoms with Gasteiger partial charge in [0.05, 0.1) is 0 Å². The van der Waals surface area contributed by atoms with Crippen molar-refractivity contribution in [2.24, 2.45) is 5.92 Å². The van der Waals surface area contributed by atoms with E-state index >= 15 is 0 Å². The minimum Gasteiger partial charge on any atom is -0.354 e. The normalized spacial score (nSPS) is 21.9. The van der Waals surface area contributed by atoms with Crippen LogP contribution >= 0.6 is 12.4 Å². The Hall–Kier alpha value is -0.370. The fourth-order valence-electron chi connectivity index (χ4n) is 2.49. The van der Waals surface area contributed by atoms with Crippen LogP contribution in [0.2, 0.25) is 0 Å². The van der Waals surface area contributed by atoms with E-state index in [0.717, 1.165) is 38.6 Å². The summed E-state index contributed by atoms with van der Waals surface area (Å²) in [6.45, 7) is 6.26. The van der Waals surface area contributed by atoms with Crippen molar-refractivity contribution in [1.29, 1.82) is 0 Å². The van der Waals surface area contributed by atoms with Gasteiger partial charge < -0.3 is 10.6 Å². The number of nitrogens with one attached hydrogen (secondary N) is 3. The van der Waals surface area contributed by atoms with Crippen LogP contribution in [0, 0.1) is 5.92 Å². The SMILES string of the molecule is CCCNCCNC(=O)CS(=O)(=O)NC1CCC(C)CC1.Cl. The zero-order valence-electron chi connectivity index (χ0n) is 13.6. The van der Waals surface area contributed by atoms with Crippen molar-refractivity contribution < 1.29 is 13.2 Å². The molecule has 0 atom stereocenters. The molecule has 0 unspecified atom stereocenters. The van der Waals surface area contributed by atoms with E-state index in [1.165, 1.54) is 0 Å². The number of carbonyl (C=O) groups excluding carboxylic acids is 1. The van der Waals surface area contributed by atoms with Gasteiger partial charge in [-0.05, 0) is 44.6 Å². The highest BCUT2D eigenvalue weighted by Gasteiger charge is 2.24. The summed E-state index contributed by atoms with van der Waals surface area (Å²) in [5.41, 5.74) is 0. The average molecular weight is 356 g/mol. The molecule has 0 saturated heterocycles. The third-order valence-electron chi connectivity index (χ3n) is 3.73. The standard InChI is InChI=1S/C14H29N3O3S.ClH/c1-3-8-15-9-10-16-14(18)11-21(19,20)17-13-6-4-12(2)5-7-13;/h12-13,15,17H,3-11H2,1-2H3,(H,16,18);1H. The third-order valence-corrected chi connectivity index (χ3v) is 5.07. The second-order valence-electron chi connectivity index (χ2n) is 5.93. The maximum Gasteiger partial charge on any atom is 0.236 e. The van der Waals surface area contributed by atoms with E-state index < -0.39 is 21.7 Å². The maximum absolute atomic E-state index is 11.9. The van der Waals surface area contributed by atoms with Crippen LogP contribution in [0.5, 0.6) is 0 Å². The zero-order chi connectivity index (χ0) is 15.7. The summed E-state index contributed by atoms with van der Waals surface area (Å²) in [6, 6.07) is -0.00905. The molecule has 6 nitrogen and oxygen atoms in total. The van der Waals surface area contributed by atoms with Crippen LogP contribution in [0.4, 0.5) is 0 Å². The lowest BCUT2D eigenvalue weighted by atomic mass is 9.88. The largest absolute Gasteiger partial charge is 0.354 e. The molecule has 132 valence electrons. The summed E-state index contributed by atoms with van der Waals surface area (Å²) in [5.74, 6) is -0.248. The van der Waals surface area contributed by atoms with Gasteiger partial charge in [0.25, 0.3) is 0 Å². The summed E-state index contributed by atoms with van der Waals surface area (Å²) in [7, 11) is -3.53. The Balaban J connectivity index is 0.00000441. The van der Waals surface area contributed by atoms with Gasteiger partial charge in [-0.25, -0.2) is 13.1 Å². The molecule has 1 aliphatic rings. The van der Waals surface area contributed by atoms with Gasteiger partial charge in [-0.2, -0.15) is 0 Å². The topological polar surface area (TPSA) is 87.3 Å². The van der Waals surface area contributed by atoms with Gasteiger partial charge in [0.1, 0.15) is 5.75 Å². The first-order valence-corrected chi connectivity index (χ1v) is 9.55. The van der Waals surface area contributed by atoms with Crippen LogP contribution in [0.25, 0.3) is 0 Å². The molecule has 22 heavy (non-hydrogen) atoms. The molecule has 0 aromatic heterocycles. The molecule has 0 spiro atoms. The number of rotatable bonds is 9. The van der Waals surface area contributed by atoms with Gasteiger partial charge in [-0.15, -0.1) is 12.4 Å². The van der Waals surface area contributed by atoms with Gasteiger partial charge in [0, 0.05) is 19.1 Å². The Morgan fingerprint density at radius 2 is 1.73 bits per heavy atom. The number of amides is 1. The molecule has 1 aliphatic carbocycles. The highest BCUT2D eigenvalue weighted by molar-refractivity contribution is 7.90. The van der Waals surface area contributed by atoms with Crippen LogP contribution < -0.4 is 15.4 Å². The van der Waals surface area contributed by atoms with Crippen molar-refractivity contribution in [2.45, 2.75) is 52.0 Å². The van der Waals surface area contributed by atoms with Crippen LogP contribution in [0.3, 0.4) is 0 Å². The molecule has 0 aromatic rings. The predicted molar refractivity (Wildman–Crippen MR) is 91.8 cm³/mol. The monoisotopic (exact) mass is 355 g/mol. The van der Waals surface area contributed by atoms with Gasteiger partial charge in [-0.3, -0.25) is 4.79 Å². The smallest absolute Gasteiger partial charge is 0.236 e. The van der Waals surface area contributed by atoms with Crippen LogP contribution in [-0.4, -0.2) is 45.8 Å². The van der Waals surface area contributed by atoms with Gasteiger partial charge in [-0.1, -0.05) is 13.8 Å². The Labute approximate surface area is 140 Å². The van der Waals surface area contributed by atoms with Crippen molar-refractivity contribution in [3.63, 3.8) is 0 Å². The van der Waals surface area contributed by atoms with Crippen LogP contribution in [-0.2, 0) is 14.8 Å². The molecule has 0 aromatic carbocycles. The second-order valence-corrected chi connectivity index (χ2v) is 7.69. The second kappa shape index (κ2) is 11.2. The average Bonchev–Trinajstić information content (AvgIpc) is 2.40. The molecule has 1 amide bonds. The van der Waals surface area contributed by atoms with Gasteiger partial charge >= 0.3 is 0 Å². The van der Waals surface area contributed by atoms with Crippen molar-refractivity contribution in [1.82, 2.24) is 15.4 Å². The Morgan fingerprint density at radius 3 is 2.32 bits per heavy atom. The summed E-state index contributed by atoms with van der Waals surface area (Å²) in [4.78, 5) is 11.6. The number of carbonyl (C=O) groups is 1. The molecule has 1 fully saturated rings. The summed E-state index contributed by atoms with van der Waals surface area (Å²) >= 11 is 0. The highest BCUT2D eigenvalue weighted by Crippen LogP contribution is 2.23. The number of sulfonamides is 1. The Bertz CT molecular complexity index is 410. The molecule has 0 aliphatic heterocycles. The molecule has 0 radical (unpaired) electrons. The molecule has 0 bridgehead atoms. The number of hydrogen-bond donors (Lipinski definition) is 3. The lowest BCUT2D eigenvalue weighted by Gasteiger charge is -2.26. The quantitative estimate of drug-likeness (QED) is 0.539. The fourth-order valence-corrected chi connectivity index (χ4v) is 3.76. The van der Waals surface area contributed by atoms with Crippen molar-refractivity contribution in [2.75, 3.05) is 25.4 Å². The van der Waals surface area contributed by atoms with E-state index in [2.05, 4.69) is 29.2 Å². The Morgan fingerprint density at radius 1 is 1.09 bits per heavy atom. The van der Waals surface area contributed by atoms with E-state index in [4.69, 9.17) is 0 Å². The molecular formula is C14H30ClN3O3S. The van der Waals surface area contributed by atoms with E-state index in [0.29, 0.717) is 19.0 Å². The summed E-state index contributed by atoms with van der Waals surface area (Å²) < 4.78 is 26.5. The van der Waals surface area contributed by atoms with Crippen LogP contribution in [0.1, 0.15) is 46.0 Å². The van der Waals surface area contributed by atoms with E-state index in [1.54, 1.807) is 0 Å². The third kappa shape index (κ3) is 9.61. The highest BCUT2D eigenvalue weighted by atomic mass is 35.5. The first-order valence-electron chi connectivity index (χ1n) is 7.90. The van der Waals surface area contributed by atoms with E-state index in [9.17, 15) is 13.2 Å². The fraction of sp³-hybridized carbons (Fsp3) is 0.929. The maximum atomic E-state index is 11.9. The van der Waals surface area contributed by atoms with Crippen molar-refractivity contribution >= 4 is 28.3 Å². The first-order chi connectivity index (χ1) is 9.93. The van der Waals surface area contributed by atoms with Gasteiger partial charge in [0.15, 0.2) is 0 Å². The van der Waals surface area contributed by atoms with E-state index in [1.807, 2.05) is 0 Å². The summed E-state index contributed by atoms with van der Waals surface area (Å²) in [5, 5.41) is 5.76. The lowest BCUT2D eigenvalue weighted by molar-refractivity contribution is -0.118. The molecule has 3 N–H and O–H groups in total. The van der Waals surface area contributed by atoms with Gasteiger partial charge in [0.2, 0.25) is 15.9 Å². The number of hydrogen-bond acceptors (Lipinski definition) is 4. The zero-order valence-corrected chi connectivity index (χ0v) is 15.2. The lowest BCUT2D eigenvalue weighted by Crippen LogP contribution is -2.43. The summed E-state index contributed by atoms with van der Waals surface area (Å²) in [6.07, 6.45) is 4.85. The minimum absolute atomic E-state index is 0. The van der Waals surface area contributed by atoms with Crippen molar-refractivity contribution in [3.05, 3.63) is 0 Å². The molecule has 1 saturated carbocycles. The van der Waals surface area contributed by atoms with Crippen molar-refractivity contribution in [3.8, 4) is 0 Å². The number of halogens is 1. The molecule has 8 heteroatoms. The van der Waals surface area contributed by atoms with E-state index in [-0.39, 0.29) is 18.4 Å². The first kappa shape index (κ1) is 21.6.